The first kappa shape index (κ1) is 7.50. The van der Waals surface area contributed by atoms with Crippen LogP contribution in [0, 0.1) is 0 Å². The molecule has 2 aliphatic heterocycles. The third-order valence-corrected chi connectivity index (χ3v) is 2.57. The van der Waals surface area contributed by atoms with E-state index in [1.54, 1.807) is 0 Å². The number of alkyl halides is 1. The Morgan fingerprint density at radius 1 is 1.00 bits per heavy atom. The molecule has 3 heteroatoms. The van der Waals surface area contributed by atoms with Crippen LogP contribution in [-0.4, -0.2) is 42.4 Å². The lowest BCUT2D eigenvalue weighted by molar-refractivity contribution is -0.0984. The Morgan fingerprint density at radius 2 is 1.73 bits per heavy atom. The van der Waals surface area contributed by atoms with Gasteiger partial charge in [0.2, 0.25) is 0 Å². The van der Waals surface area contributed by atoms with E-state index in [-0.39, 0.29) is 0 Å². The Bertz CT molecular complexity index is 136. The van der Waals surface area contributed by atoms with Gasteiger partial charge >= 0.3 is 0 Å². The molecule has 0 aliphatic carbocycles. The van der Waals surface area contributed by atoms with Crippen molar-refractivity contribution in [3.8, 4) is 0 Å². The topological polar surface area (TPSA) is 6.48 Å². The molecule has 0 aromatic carbocycles. The van der Waals surface area contributed by atoms with E-state index in [4.69, 9.17) is 0 Å². The first-order valence-electron chi connectivity index (χ1n) is 4.50. The standard InChI is InChI=1S/C8H15FN2/c9-8-3-1-4-11(7-8)10-5-2-6-10/h8H,1-7H2. The van der Waals surface area contributed by atoms with Gasteiger partial charge in [0, 0.05) is 26.2 Å². The summed E-state index contributed by atoms with van der Waals surface area (Å²) in [6.45, 7) is 4.00. The van der Waals surface area contributed by atoms with Crippen molar-refractivity contribution in [2.75, 3.05) is 26.2 Å². The maximum atomic E-state index is 12.9. The Kier molecular flexibility index (Phi) is 2.09. The van der Waals surface area contributed by atoms with Crippen LogP contribution in [0.15, 0.2) is 0 Å². The lowest BCUT2D eigenvalue weighted by atomic mass is 10.1. The van der Waals surface area contributed by atoms with Crippen molar-refractivity contribution in [3.63, 3.8) is 0 Å². The molecule has 1 atom stereocenters. The third-order valence-electron chi connectivity index (χ3n) is 2.57. The van der Waals surface area contributed by atoms with E-state index < -0.39 is 6.17 Å². The Hall–Kier alpha value is -0.150. The number of hydrogen-bond donors (Lipinski definition) is 0. The molecule has 0 aromatic rings. The minimum absolute atomic E-state index is 0.579. The zero-order valence-corrected chi connectivity index (χ0v) is 6.80. The van der Waals surface area contributed by atoms with Crippen LogP contribution < -0.4 is 0 Å². The predicted octanol–water partition coefficient (Wildman–Crippen LogP) is 1.04. The molecule has 0 saturated carbocycles. The molecule has 0 amide bonds. The zero-order chi connectivity index (χ0) is 7.68. The maximum absolute atomic E-state index is 12.9. The van der Waals surface area contributed by atoms with Gasteiger partial charge < -0.3 is 0 Å². The Labute approximate surface area is 66.9 Å². The molecular formula is C8H15FN2. The molecule has 2 fully saturated rings. The van der Waals surface area contributed by atoms with Crippen LogP contribution in [0.1, 0.15) is 19.3 Å². The molecule has 0 spiro atoms. The summed E-state index contributed by atoms with van der Waals surface area (Å²) in [7, 11) is 0. The van der Waals surface area contributed by atoms with Crippen LogP contribution in [0.5, 0.6) is 0 Å². The van der Waals surface area contributed by atoms with Crippen LogP contribution >= 0.6 is 0 Å². The highest BCUT2D eigenvalue weighted by Crippen LogP contribution is 2.18. The van der Waals surface area contributed by atoms with Gasteiger partial charge in [-0.05, 0) is 19.3 Å². The molecular weight excluding hydrogens is 143 g/mol. The van der Waals surface area contributed by atoms with Gasteiger partial charge in [-0.3, -0.25) is 0 Å². The molecule has 1 unspecified atom stereocenters. The van der Waals surface area contributed by atoms with Gasteiger partial charge in [-0.15, -0.1) is 0 Å². The van der Waals surface area contributed by atoms with Crippen molar-refractivity contribution >= 4 is 0 Å². The van der Waals surface area contributed by atoms with E-state index in [1.807, 2.05) is 0 Å². The van der Waals surface area contributed by atoms with Gasteiger partial charge in [0.1, 0.15) is 6.17 Å². The van der Waals surface area contributed by atoms with Crippen molar-refractivity contribution in [1.82, 2.24) is 10.0 Å². The summed E-state index contributed by atoms with van der Waals surface area (Å²) in [4.78, 5) is 0. The molecule has 0 radical (unpaired) electrons. The summed E-state index contributed by atoms with van der Waals surface area (Å²) < 4.78 is 12.9. The van der Waals surface area contributed by atoms with Crippen LogP contribution in [-0.2, 0) is 0 Å². The highest BCUT2D eigenvalue weighted by atomic mass is 19.1. The quantitative estimate of drug-likeness (QED) is 0.562. The summed E-state index contributed by atoms with van der Waals surface area (Å²) in [6, 6.07) is 0. The molecule has 2 saturated heterocycles. The van der Waals surface area contributed by atoms with Crippen LogP contribution in [0.2, 0.25) is 0 Å². The van der Waals surface area contributed by atoms with Crippen molar-refractivity contribution < 1.29 is 4.39 Å². The molecule has 2 nitrogen and oxygen atoms in total. The summed E-state index contributed by atoms with van der Waals surface area (Å²) in [5, 5.41) is 4.45. The Morgan fingerprint density at radius 3 is 2.27 bits per heavy atom. The van der Waals surface area contributed by atoms with E-state index in [0.29, 0.717) is 6.54 Å². The summed E-state index contributed by atoms with van der Waals surface area (Å²) in [5.74, 6) is 0. The minimum atomic E-state index is -0.579. The molecule has 2 heterocycles. The number of piperidine rings is 1. The molecule has 2 aliphatic rings. The summed E-state index contributed by atoms with van der Waals surface area (Å²) in [5.41, 5.74) is 0. The predicted molar refractivity (Wildman–Crippen MR) is 41.9 cm³/mol. The first-order chi connectivity index (χ1) is 5.36. The van der Waals surface area contributed by atoms with E-state index in [1.165, 1.54) is 6.42 Å². The van der Waals surface area contributed by atoms with E-state index in [0.717, 1.165) is 32.5 Å². The Balaban J connectivity index is 1.82. The van der Waals surface area contributed by atoms with Crippen LogP contribution in [0.25, 0.3) is 0 Å². The third kappa shape index (κ3) is 1.54. The van der Waals surface area contributed by atoms with E-state index >= 15 is 0 Å². The zero-order valence-electron chi connectivity index (χ0n) is 6.80. The normalized spacial score (nSPS) is 35.2. The summed E-state index contributed by atoms with van der Waals surface area (Å²) in [6.07, 6.45) is 2.50. The van der Waals surface area contributed by atoms with Crippen LogP contribution in [0.4, 0.5) is 4.39 Å². The first-order valence-corrected chi connectivity index (χ1v) is 4.50. The number of hydrazine groups is 1. The fourth-order valence-corrected chi connectivity index (χ4v) is 1.75. The van der Waals surface area contributed by atoms with E-state index in [9.17, 15) is 4.39 Å². The van der Waals surface area contributed by atoms with Gasteiger partial charge in [-0.2, -0.15) is 0 Å². The molecule has 11 heavy (non-hydrogen) atoms. The number of rotatable bonds is 1. The fraction of sp³-hybridized carbons (Fsp3) is 1.00. The number of hydrogen-bond acceptors (Lipinski definition) is 2. The largest absolute Gasteiger partial charge is 0.246 e. The highest BCUT2D eigenvalue weighted by molar-refractivity contribution is 4.74. The second-order valence-electron chi connectivity index (χ2n) is 3.46. The van der Waals surface area contributed by atoms with E-state index in [2.05, 4.69) is 10.0 Å². The van der Waals surface area contributed by atoms with Gasteiger partial charge in [-0.1, -0.05) is 0 Å². The molecule has 0 bridgehead atoms. The van der Waals surface area contributed by atoms with Crippen molar-refractivity contribution in [2.45, 2.75) is 25.4 Å². The molecule has 64 valence electrons. The van der Waals surface area contributed by atoms with Crippen molar-refractivity contribution in [1.29, 1.82) is 0 Å². The summed E-state index contributed by atoms with van der Waals surface area (Å²) >= 11 is 0. The smallest absolute Gasteiger partial charge is 0.114 e. The fourth-order valence-electron chi connectivity index (χ4n) is 1.75. The highest BCUT2D eigenvalue weighted by Gasteiger charge is 2.26. The number of nitrogens with zero attached hydrogens (tertiary/aromatic N) is 2. The van der Waals surface area contributed by atoms with Gasteiger partial charge in [0.05, 0.1) is 0 Å². The van der Waals surface area contributed by atoms with Gasteiger partial charge in [0.15, 0.2) is 0 Å². The van der Waals surface area contributed by atoms with Crippen molar-refractivity contribution in [3.05, 3.63) is 0 Å². The second-order valence-corrected chi connectivity index (χ2v) is 3.46. The van der Waals surface area contributed by atoms with Crippen molar-refractivity contribution in [2.24, 2.45) is 0 Å². The average molecular weight is 158 g/mol. The van der Waals surface area contributed by atoms with Gasteiger partial charge in [0.25, 0.3) is 0 Å². The lowest BCUT2D eigenvalue weighted by Crippen LogP contribution is -2.54. The molecule has 2 rings (SSSR count). The lowest BCUT2D eigenvalue weighted by Gasteiger charge is -2.43. The second kappa shape index (κ2) is 3.07. The molecule has 0 N–H and O–H groups in total. The molecule has 0 aromatic heterocycles. The SMILES string of the molecule is FC1CCCN(N2CCC2)C1. The monoisotopic (exact) mass is 158 g/mol. The van der Waals surface area contributed by atoms with Crippen LogP contribution in [0.3, 0.4) is 0 Å². The minimum Gasteiger partial charge on any atom is -0.246 e. The average Bonchev–Trinajstić information content (AvgIpc) is 1.83. The number of halogens is 1. The van der Waals surface area contributed by atoms with Gasteiger partial charge in [-0.25, -0.2) is 14.4 Å². The maximum Gasteiger partial charge on any atom is 0.114 e.